The number of likely N-dealkylation sites (tertiary alicyclic amines) is 1. The molecule has 40 heavy (non-hydrogen) atoms. The van der Waals surface area contributed by atoms with Gasteiger partial charge in [0.1, 0.15) is 6.04 Å². The molecule has 5 rings (SSSR count). The molecule has 7 nitrogen and oxygen atoms in total. The van der Waals surface area contributed by atoms with Crippen molar-refractivity contribution >= 4 is 29.5 Å². The summed E-state index contributed by atoms with van der Waals surface area (Å²) in [6, 6.07) is 8.65. The quantitative estimate of drug-likeness (QED) is 0.484. The van der Waals surface area contributed by atoms with E-state index in [-0.39, 0.29) is 36.3 Å². The van der Waals surface area contributed by atoms with Gasteiger partial charge in [-0.15, -0.1) is 11.8 Å². The van der Waals surface area contributed by atoms with Gasteiger partial charge in [-0.1, -0.05) is 81.8 Å². The monoisotopic (exact) mass is 565 g/mol. The molecule has 8 heteroatoms. The molecular weight excluding hydrogens is 522 g/mol. The van der Waals surface area contributed by atoms with Gasteiger partial charge in [-0.2, -0.15) is 0 Å². The number of aliphatic hydroxyl groups excluding tert-OH is 1. The summed E-state index contributed by atoms with van der Waals surface area (Å²) in [6.45, 7) is 11.4. The van der Waals surface area contributed by atoms with Gasteiger partial charge in [0.15, 0.2) is 0 Å². The van der Waals surface area contributed by atoms with Crippen LogP contribution in [0.1, 0.15) is 53.0 Å². The first-order valence-electron chi connectivity index (χ1n) is 14.7. The van der Waals surface area contributed by atoms with E-state index >= 15 is 0 Å². The molecule has 0 aliphatic carbocycles. The summed E-state index contributed by atoms with van der Waals surface area (Å²) in [4.78, 5) is 49.0. The molecule has 4 heterocycles. The van der Waals surface area contributed by atoms with Gasteiger partial charge >= 0.3 is 0 Å². The van der Waals surface area contributed by atoms with Crippen molar-refractivity contribution < 1.29 is 19.5 Å². The van der Waals surface area contributed by atoms with Crippen molar-refractivity contribution in [2.45, 2.75) is 81.6 Å². The van der Waals surface area contributed by atoms with Gasteiger partial charge in [0.25, 0.3) is 0 Å². The van der Waals surface area contributed by atoms with E-state index in [1.807, 2.05) is 66.1 Å². The van der Waals surface area contributed by atoms with Gasteiger partial charge in [0.2, 0.25) is 17.7 Å². The van der Waals surface area contributed by atoms with Crippen LogP contribution in [0.25, 0.3) is 0 Å². The second-order valence-corrected chi connectivity index (χ2v) is 14.2. The van der Waals surface area contributed by atoms with Crippen LogP contribution in [-0.2, 0) is 20.9 Å². The van der Waals surface area contributed by atoms with Gasteiger partial charge in [0.05, 0.1) is 29.2 Å². The van der Waals surface area contributed by atoms with E-state index in [0.717, 1.165) is 18.4 Å². The fraction of sp³-hybridized carbons (Fsp3) is 0.594. The Balaban J connectivity index is 1.62. The van der Waals surface area contributed by atoms with Crippen LogP contribution < -0.4 is 0 Å². The predicted molar refractivity (Wildman–Crippen MR) is 158 cm³/mol. The fourth-order valence-corrected chi connectivity index (χ4v) is 9.57. The lowest BCUT2D eigenvalue weighted by atomic mass is 9.74. The zero-order valence-corrected chi connectivity index (χ0v) is 25.1. The third-order valence-electron chi connectivity index (χ3n) is 9.38. The van der Waals surface area contributed by atoms with Crippen LogP contribution in [0.2, 0.25) is 0 Å². The Morgan fingerprint density at radius 1 is 0.975 bits per heavy atom. The second-order valence-electron chi connectivity index (χ2n) is 12.4. The maximum absolute atomic E-state index is 14.6. The summed E-state index contributed by atoms with van der Waals surface area (Å²) >= 11 is 1.60. The maximum atomic E-state index is 14.6. The molecule has 0 bridgehead atoms. The van der Waals surface area contributed by atoms with E-state index in [1.165, 1.54) is 0 Å². The number of amides is 3. The number of fused-ring (bicyclic) bond motifs is 2. The first-order valence-corrected chi connectivity index (χ1v) is 15.5. The van der Waals surface area contributed by atoms with Gasteiger partial charge in [0, 0.05) is 30.4 Å². The number of nitrogens with zero attached hydrogens (tertiary/aromatic N) is 3. The predicted octanol–water partition coefficient (Wildman–Crippen LogP) is 3.88. The third kappa shape index (κ3) is 4.51. The topological polar surface area (TPSA) is 81.2 Å². The van der Waals surface area contributed by atoms with Gasteiger partial charge in [-0.05, 0) is 31.7 Å². The van der Waals surface area contributed by atoms with Crippen LogP contribution in [0, 0.1) is 17.8 Å². The lowest BCUT2D eigenvalue weighted by Crippen LogP contribution is -2.59. The minimum atomic E-state index is -0.896. The van der Waals surface area contributed by atoms with Crippen LogP contribution in [0.4, 0.5) is 0 Å². The highest BCUT2D eigenvalue weighted by Crippen LogP contribution is 2.66. The Bertz CT molecular complexity index is 1200. The van der Waals surface area contributed by atoms with E-state index in [2.05, 4.69) is 32.9 Å². The molecule has 0 aromatic heterocycles. The Kier molecular flexibility index (Phi) is 7.96. The van der Waals surface area contributed by atoms with E-state index in [9.17, 15) is 19.5 Å². The van der Waals surface area contributed by atoms with E-state index < -0.39 is 33.4 Å². The number of rotatable bonds is 8. The Labute approximate surface area is 242 Å². The summed E-state index contributed by atoms with van der Waals surface area (Å²) in [5.74, 6) is -1.69. The largest absolute Gasteiger partial charge is 0.394 e. The molecular formula is C32H43N3O4S. The molecule has 2 unspecified atom stereocenters. The van der Waals surface area contributed by atoms with Crippen LogP contribution >= 0.6 is 11.8 Å². The molecule has 0 radical (unpaired) electrons. The Morgan fingerprint density at radius 3 is 2.33 bits per heavy atom. The molecule has 1 aromatic carbocycles. The molecule has 4 aliphatic rings. The summed E-state index contributed by atoms with van der Waals surface area (Å²) in [6.07, 6.45) is 10.1. The third-order valence-corrected chi connectivity index (χ3v) is 11.2. The Morgan fingerprint density at radius 2 is 1.68 bits per heavy atom. The van der Waals surface area contributed by atoms with Crippen molar-refractivity contribution in [3.05, 3.63) is 60.2 Å². The summed E-state index contributed by atoms with van der Waals surface area (Å²) in [5.41, 5.74) is 1.04. The van der Waals surface area contributed by atoms with Crippen molar-refractivity contribution in [3.63, 3.8) is 0 Å². The number of carbonyl (C=O) groups excluding carboxylic acids is 3. The molecule has 0 saturated carbocycles. The smallest absolute Gasteiger partial charge is 0.247 e. The number of benzene rings is 1. The summed E-state index contributed by atoms with van der Waals surface area (Å²) < 4.78 is -1.54. The number of aliphatic hydroxyl groups is 1. The van der Waals surface area contributed by atoms with Crippen LogP contribution in [0.5, 0.6) is 0 Å². The highest BCUT2D eigenvalue weighted by atomic mass is 32.2. The summed E-state index contributed by atoms with van der Waals surface area (Å²) in [5, 5.41) is 10.5. The van der Waals surface area contributed by atoms with Crippen LogP contribution in [-0.4, -0.2) is 84.8 Å². The molecule has 7 atom stereocenters. The van der Waals surface area contributed by atoms with Crippen LogP contribution in [0.15, 0.2) is 54.6 Å². The molecule has 216 valence electrons. The maximum Gasteiger partial charge on any atom is 0.247 e. The zero-order chi connectivity index (χ0) is 28.8. The molecule has 3 amide bonds. The lowest BCUT2D eigenvalue weighted by molar-refractivity contribution is -0.149. The first-order chi connectivity index (χ1) is 19.1. The average Bonchev–Trinajstić information content (AvgIpc) is 3.18. The molecule has 2 saturated heterocycles. The van der Waals surface area contributed by atoms with E-state index in [0.29, 0.717) is 19.6 Å². The number of thioether (sulfide) groups is 1. The number of carbonyl (C=O) groups is 3. The van der Waals surface area contributed by atoms with Crippen molar-refractivity contribution in [1.82, 2.24) is 14.7 Å². The van der Waals surface area contributed by atoms with Gasteiger partial charge in [-0.25, -0.2) is 0 Å². The number of hydrogen-bond donors (Lipinski definition) is 1. The molecule has 4 aliphatic heterocycles. The number of hydrogen-bond acceptors (Lipinski definition) is 5. The second kappa shape index (κ2) is 11.0. The molecule has 1 N–H and O–H groups in total. The lowest BCUT2D eigenvalue weighted by Gasteiger charge is -2.41. The normalized spacial score (nSPS) is 33.1. The standard InChI is InChI=1S/C32H43N3O4S/c1-6-12-22(4)34-18-11-16-32-26(29(38)35(27(32)30(34)39)24(20-36)21(2)3)25-28(37)33(17-10-15-31(25,5)40-32)19-23-13-8-7-9-14-23/h7-11,13-16,21-22,24-27,36H,6,12,17-20H2,1-5H3/t22?,24-,25+,26-,27?,31-,32-/m0/s1. The van der Waals surface area contributed by atoms with Crippen molar-refractivity contribution in [1.29, 1.82) is 0 Å². The molecule has 2 fully saturated rings. The van der Waals surface area contributed by atoms with E-state index in [1.54, 1.807) is 16.7 Å². The molecule has 1 aromatic rings. The van der Waals surface area contributed by atoms with Gasteiger partial charge < -0.3 is 19.8 Å². The highest BCUT2D eigenvalue weighted by molar-refractivity contribution is 8.02. The van der Waals surface area contributed by atoms with Gasteiger partial charge in [-0.3, -0.25) is 14.4 Å². The van der Waals surface area contributed by atoms with Crippen molar-refractivity contribution in [3.8, 4) is 0 Å². The minimum absolute atomic E-state index is 0.0234. The van der Waals surface area contributed by atoms with E-state index in [4.69, 9.17) is 0 Å². The Hall–Kier alpha value is -2.58. The first kappa shape index (κ1) is 28.9. The van der Waals surface area contributed by atoms with Crippen LogP contribution in [0.3, 0.4) is 0 Å². The summed E-state index contributed by atoms with van der Waals surface area (Å²) in [7, 11) is 0. The van der Waals surface area contributed by atoms with Crippen molar-refractivity contribution in [2.75, 3.05) is 19.7 Å². The molecule has 1 spiro atoms. The zero-order valence-electron chi connectivity index (χ0n) is 24.3. The average molecular weight is 566 g/mol. The fourth-order valence-electron chi connectivity index (χ4n) is 7.42. The van der Waals surface area contributed by atoms with Crippen molar-refractivity contribution in [2.24, 2.45) is 17.8 Å². The minimum Gasteiger partial charge on any atom is -0.394 e. The SMILES string of the molecule is CCCC(C)N1CC=C[C@]23S[C@@]4(C)C=CCN(Cc5ccccc5)C(=O)[C@H]4[C@H]2C(=O)N([C@@H](CO)C(C)C)C3C1=O. The highest BCUT2D eigenvalue weighted by Gasteiger charge is 2.74.